The van der Waals surface area contributed by atoms with Gasteiger partial charge in [0.1, 0.15) is 23.3 Å². The fourth-order valence-corrected chi connectivity index (χ4v) is 2.89. The first-order valence-electron chi connectivity index (χ1n) is 7.54. The van der Waals surface area contributed by atoms with Crippen LogP contribution in [0.25, 0.3) is 0 Å². The van der Waals surface area contributed by atoms with Crippen molar-refractivity contribution >= 4 is 11.6 Å². The molecule has 1 heterocycles. The summed E-state index contributed by atoms with van der Waals surface area (Å²) in [5, 5.41) is 0. The minimum absolute atomic E-state index is 0.133. The van der Waals surface area contributed by atoms with Crippen molar-refractivity contribution in [2.75, 3.05) is 26.2 Å². The Labute approximate surface area is 140 Å². The van der Waals surface area contributed by atoms with Crippen LogP contribution in [0.3, 0.4) is 0 Å². The highest BCUT2D eigenvalue weighted by Crippen LogP contribution is 2.41. The van der Waals surface area contributed by atoms with Gasteiger partial charge in [0.2, 0.25) is 5.91 Å². The number of hydrogen-bond donors (Lipinski definition) is 1. The van der Waals surface area contributed by atoms with Gasteiger partial charge in [0.25, 0.3) is 0 Å². The lowest BCUT2D eigenvalue weighted by Gasteiger charge is -2.45. The largest absolute Gasteiger partial charge is 0.497 e. The molecule has 1 aliphatic heterocycles. The Balaban J connectivity index is 1.97. The van der Waals surface area contributed by atoms with E-state index >= 15 is 0 Å². The van der Waals surface area contributed by atoms with Gasteiger partial charge in [-0.3, -0.25) is 4.79 Å². The van der Waals surface area contributed by atoms with Crippen molar-refractivity contribution in [3.8, 4) is 17.2 Å². The maximum absolute atomic E-state index is 12.4. The SMILES string of the molecule is COc1ccc([C@@H]2[C@@H](N)C(=O)N2c2cc(OC)cc(OC)c2)cc1. The van der Waals surface area contributed by atoms with Crippen molar-refractivity contribution in [3.63, 3.8) is 0 Å². The Morgan fingerprint density at radius 2 is 1.42 bits per heavy atom. The van der Waals surface area contributed by atoms with Gasteiger partial charge in [-0.2, -0.15) is 0 Å². The predicted molar refractivity (Wildman–Crippen MR) is 90.7 cm³/mol. The van der Waals surface area contributed by atoms with E-state index in [1.807, 2.05) is 24.3 Å². The molecule has 0 radical (unpaired) electrons. The normalized spacial score (nSPS) is 19.7. The Hall–Kier alpha value is -2.73. The van der Waals surface area contributed by atoms with E-state index in [9.17, 15) is 4.79 Å². The fraction of sp³-hybridized carbons (Fsp3) is 0.278. The van der Waals surface area contributed by atoms with E-state index < -0.39 is 6.04 Å². The number of nitrogens with zero attached hydrogens (tertiary/aromatic N) is 1. The van der Waals surface area contributed by atoms with E-state index in [-0.39, 0.29) is 11.9 Å². The lowest BCUT2D eigenvalue weighted by molar-refractivity contribution is -0.126. The fourth-order valence-electron chi connectivity index (χ4n) is 2.89. The molecular formula is C18H20N2O4. The lowest BCUT2D eigenvalue weighted by Crippen LogP contribution is -2.63. The van der Waals surface area contributed by atoms with Crippen LogP contribution in [0.1, 0.15) is 11.6 Å². The van der Waals surface area contributed by atoms with Crippen molar-refractivity contribution in [1.82, 2.24) is 0 Å². The van der Waals surface area contributed by atoms with E-state index in [1.54, 1.807) is 44.4 Å². The Kier molecular flexibility index (Phi) is 4.31. The number of β-lactam (4-membered cyclic amide) rings is 1. The van der Waals surface area contributed by atoms with E-state index in [1.165, 1.54) is 0 Å². The molecule has 6 heteroatoms. The Morgan fingerprint density at radius 3 is 1.92 bits per heavy atom. The third kappa shape index (κ3) is 2.65. The molecule has 2 aromatic rings. The van der Waals surface area contributed by atoms with Crippen LogP contribution in [0.2, 0.25) is 0 Å². The number of amides is 1. The molecule has 0 aromatic heterocycles. The zero-order chi connectivity index (χ0) is 17.3. The highest BCUT2D eigenvalue weighted by atomic mass is 16.5. The second-order valence-electron chi connectivity index (χ2n) is 5.52. The van der Waals surface area contributed by atoms with Gasteiger partial charge >= 0.3 is 0 Å². The summed E-state index contributed by atoms with van der Waals surface area (Å²) < 4.78 is 15.7. The molecule has 1 fully saturated rings. The van der Waals surface area contributed by atoms with Gasteiger partial charge in [0.05, 0.1) is 33.1 Å². The van der Waals surface area contributed by atoms with Crippen molar-refractivity contribution < 1.29 is 19.0 Å². The van der Waals surface area contributed by atoms with E-state index in [0.29, 0.717) is 17.2 Å². The van der Waals surface area contributed by atoms with Crippen LogP contribution in [0, 0.1) is 0 Å². The average Bonchev–Trinajstić information content (AvgIpc) is 2.64. The monoisotopic (exact) mass is 328 g/mol. The molecule has 2 N–H and O–H groups in total. The minimum Gasteiger partial charge on any atom is -0.497 e. The molecule has 1 aliphatic rings. The van der Waals surface area contributed by atoms with Gasteiger partial charge < -0.3 is 24.8 Å². The van der Waals surface area contributed by atoms with E-state index in [0.717, 1.165) is 11.3 Å². The summed E-state index contributed by atoms with van der Waals surface area (Å²) >= 11 is 0. The van der Waals surface area contributed by atoms with Gasteiger partial charge in [-0.25, -0.2) is 0 Å². The van der Waals surface area contributed by atoms with Crippen molar-refractivity contribution in [3.05, 3.63) is 48.0 Å². The second kappa shape index (κ2) is 6.41. The molecule has 0 aliphatic carbocycles. The van der Waals surface area contributed by atoms with Gasteiger partial charge in [-0.1, -0.05) is 12.1 Å². The quantitative estimate of drug-likeness (QED) is 0.851. The first-order chi connectivity index (χ1) is 11.6. The summed E-state index contributed by atoms with van der Waals surface area (Å²) in [7, 11) is 4.76. The maximum atomic E-state index is 12.4. The summed E-state index contributed by atoms with van der Waals surface area (Å²) in [5.41, 5.74) is 7.69. The van der Waals surface area contributed by atoms with Crippen LogP contribution in [-0.4, -0.2) is 33.3 Å². The number of carbonyl (C=O) groups is 1. The molecule has 24 heavy (non-hydrogen) atoms. The Morgan fingerprint density at radius 1 is 0.875 bits per heavy atom. The van der Waals surface area contributed by atoms with Crippen LogP contribution in [0.4, 0.5) is 5.69 Å². The number of benzene rings is 2. The van der Waals surface area contributed by atoms with Crippen LogP contribution in [-0.2, 0) is 4.79 Å². The number of carbonyl (C=O) groups excluding carboxylic acids is 1. The molecule has 1 amide bonds. The first kappa shape index (κ1) is 16.1. The summed E-state index contributed by atoms with van der Waals surface area (Å²) in [5.74, 6) is 1.86. The molecule has 2 aromatic carbocycles. The van der Waals surface area contributed by atoms with Crippen LogP contribution < -0.4 is 24.8 Å². The number of anilines is 1. The summed E-state index contributed by atoms with van der Waals surface area (Å²) in [6, 6.07) is 12.1. The molecular weight excluding hydrogens is 308 g/mol. The van der Waals surface area contributed by atoms with Crippen molar-refractivity contribution in [2.45, 2.75) is 12.1 Å². The third-order valence-corrected chi connectivity index (χ3v) is 4.21. The number of methoxy groups -OCH3 is 3. The molecule has 2 atom stereocenters. The zero-order valence-corrected chi connectivity index (χ0v) is 13.9. The minimum atomic E-state index is -0.574. The Bertz CT molecular complexity index is 723. The molecule has 0 saturated carbocycles. The second-order valence-corrected chi connectivity index (χ2v) is 5.52. The molecule has 0 spiro atoms. The van der Waals surface area contributed by atoms with Gasteiger partial charge in [0.15, 0.2) is 0 Å². The molecule has 126 valence electrons. The first-order valence-corrected chi connectivity index (χ1v) is 7.54. The van der Waals surface area contributed by atoms with E-state index in [2.05, 4.69) is 0 Å². The molecule has 0 bridgehead atoms. The number of nitrogens with two attached hydrogens (primary N) is 1. The van der Waals surface area contributed by atoms with Crippen LogP contribution in [0.5, 0.6) is 17.2 Å². The van der Waals surface area contributed by atoms with Gasteiger partial charge in [-0.05, 0) is 17.7 Å². The number of rotatable bonds is 5. The molecule has 6 nitrogen and oxygen atoms in total. The average molecular weight is 328 g/mol. The maximum Gasteiger partial charge on any atom is 0.247 e. The smallest absolute Gasteiger partial charge is 0.247 e. The zero-order valence-electron chi connectivity index (χ0n) is 13.9. The topological polar surface area (TPSA) is 74.0 Å². The van der Waals surface area contributed by atoms with Crippen molar-refractivity contribution in [2.24, 2.45) is 5.73 Å². The molecule has 3 rings (SSSR count). The molecule has 0 unspecified atom stereocenters. The standard InChI is InChI=1S/C18H20N2O4/c1-22-13-6-4-11(5-7-13)17-16(19)18(21)20(17)12-8-14(23-2)10-15(9-12)24-3/h4-10,16-17H,19H2,1-3H3/t16-,17-/m1/s1. The predicted octanol–water partition coefficient (Wildman–Crippen LogP) is 2.13. The molecule has 1 saturated heterocycles. The third-order valence-electron chi connectivity index (χ3n) is 4.21. The highest BCUT2D eigenvalue weighted by molar-refractivity contribution is 6.05. The van der Waals surface area contributed by atoms with Gasteiger partial charge in [0, 0.05) is 18.2 Å². The highest BCUT2D eigenvalue weighted by Gasteiger charge is 2.46. The number of hydrogen-bond acceptors (Lipinski definition) is 5. The summed E-state index contributed by atoms with van der Waals surface area (Å²) in [6.45, 7) is 0. The van der Waals surface area contributed by atoms with E-state index in [4.69, 9.17) is 19.9 Å². The van der Waals surface area contributed by atoms with Gasteiger partial charge in [-0.15, -0.1) is 0 Å². The summed E-state index contributed by atoms with van der Waals surface area (Å²) in [6.07, 6.45) is 0. The summed E-state index contributed by atoms with van der Waals surface area (Å²) in [4.78, 5) is 14.0. The van der Waals surface area contributed by atoms with Crippen LogP contribution in [0.15, 0.2) is 42.5 Å². The van der Waals surface area contributed by atoms with Crippen molar-refractivity contribution in [1.29, 1.82) is 0 Å². The lowest BCUT2D eigenvalue weighted by atomic mass is 9.88. The van der Waals surface area contributed by atoms with Crippen LogP contribution >= 0.6 is 0 Å². The number of ether oxygens (including phenoxy) is 3.